The molecule has 6 rings (SSSR count). The predicted octanol–water partition coefficient (Wildman–Crippen LogP) is -1.45. The van der Waals surface area contributed by atoms with Gasteiger partial charge in [-0.25, -0.2) is 4.98 Å². The number of rotatable bonds is 17. The number of nitrogens with one attached hydrogen (secondary N) is 14. The summed E-state index contributed by atoms with van der Waals surface area (Å²) in [5.41, 5.74) is 13.4. The van der Waals surface area contributed by atoms with Gasteiger partial charge in [-0.3, -0.25) is 49.2 Å². The number of imidazole rings is 1. The molecule has 8 amide bonds. The molecule has 1 aliphatic rings. The fraction of sp³-hybridized carbons (Fsp3) is 0.392. The first kappa shape index (κ1) is 56.3. The zero-order valence-corrected chi connectivity index (χ0v) is 42.1. The third-order valence-electron chi connectivity index (χ3n) is 12.6. The summed E-state index contributed by atoms with van der Waals surface area (Å²) in [5, 5.41) is 44.9. The molecule has 18 N–H and O–H groups in total. The van der Waals surface area contributed by atoms with E-state index in [1.165, 1.54) is 19.4 Å². The van der Waals surface area contributed by atoms with Crippen molar-refractivity contribution in [1.29, 1.82) is 10.8 Å². The average molecular weight is 1050 g/mol. The Bertz CT molecular complexity index is 2870. The third kappa shape index (κ3) is 17.3. The van der Waals surface area contributed by atoms with Crippen molar-refractivity contribution in [3.05, 3.63) is 102 Å². The second kappa shape index (κ2) is 27.9. The largest absolute Gasteiger partial charge is 0.370 e. The number of H-pyrrole nitrogens is 2. The Morgan fingerprint density at radius 2 is 1.34 bits per heavy atom. The van der Waals surface area contributed by atoms with Crippen LogP contribution in [0, 0.1) is 10.8 Å². The number of hydrogen-bond acceptors (Lipinski definition) is 11. The number of fused-ring (bicyclic) bond motifs is 2. The number of amides is 8. The Hall–Kier alpha value is -9.03. The van der Waals surface area contributed by atoms with Crippen molar-refractivity contribution < 1.29 is 38.4 Å². The molecule has 5 aromatic rings. The number of nitrogens with zero attached hydrogens (tertiary/aromatic N) is 1. The van der Waals surface area contributed by atoms with E-state index in [-0.39, 0.29) is 95.9 Å². The average Bonchev–Trinajstić information content (AvgIpc) is 4.07. The molecule has 1 aliphatic heterocycles. The van der Waals surface area contributed by atoms with E-state index in [1.807, 2.05) is 60.7 Å². The monoisotopic (exact) mass is 1050 g/mol. The number of benzene rings is 3. The summed E-state index contributed by atoms with van der Waals surface area (Å²) in [6.45, 7) is 1.41. The quantitative estimate of drug-likeness (QED) is 0.0289. The number of carbonyl (C=O) groups excluding carboxylic acids is 8. The van der Waals surface area contributed by atoms with Crippen LogP contribution in [0.5, 0.6) is 0 Å². The van der Waals surface area contributed by atoms with Crippen molar-refractivity contribution in [3.63, 3.8) is 0 Å². The van der Waals surface area contributed by atoms with E-state index in [0.717, 1.165) is 21.7 Å². The van der Waals surface area contributed by atoms with Gasteiger partial charge in [0.15, 0.2) is 11.9 Å². The Labute approximate surface area is 437 Å². The fourth-order valence-corrected chi connectivity index (χ4v) is 8.71. The van der Waals surface area contributed by atoms with Crippen molar-refractivity contribution in [2.75, 3.05) is 26.2 Å². The minimum absolute atomic E-state index is 0.00893. The van der Waals surface area contributed by atoms with Crippen LogP contribution in [-0.2, 0) is 57.6 Å². The van der Waals surface area contributed by atoms with E-state index in [1.54, 1.807) is 12.3 Å². The molecular formula is C51H67N17O8. The zero-order valence-electron chi connectivity index (χ0n) is 42.1. The van der Waals surface area contributed by atoms with Crippen molar-refractivity contribution >= 4 is 80.9 Å². The number of aromatic nitrogens is 3. The van der Waals surface area contributed by atoms with Crippen LogP contribution in [0.25, 0.3) is 21.7 Å². The summed E-state index contributed by atoms with van der Waals surface area (Å²) < 4.78 is 0. The standard InChI is InChI=1S/C51H67N17O8/c1-29(69)63-37(12-6-18-59-50(52)53)45(72)65-39-16-17-43(70)57-20-21-58-44(71)41(24-33-26-61-36-11-5-4-10-35(33)36)67-46(73)38(13-7-19-60-51(54)55)64-48(75)40(23-30-14-15-31-8-2-3-9-32(31)22-30)66-49(76)42(68-47(39)74)25-34-27-56-28-62-34/h2-5,8-11,14-15,22,26-28,37-42,61H,6-7,12-13,16-21,23-25H2,1H3,(H,56,62)(H,57,70)(H,58,71)(H,63,69)(H,64,75)(H,65,72)(H,66,76)(H,67,73)(H,68,74)(H4,52,53,59)(H4,54,55,60)/t37-,38+,39+,40-,41-,42+/m1/s1. The molecule has 25 heteroatoms. The highest BCUT2D eigenvalue weighted by molar-refractivity contribution is 5.98. The summed E-state index contributed by atoms with van der Waals surface area (Å²) in [5.74, 6) is -6.31. The minimum Gasteiger partial charge on any atom is -0.370 e. The van der Waals surface area contributed by atoms with Crippen LogP contribution < -0.4 is 64.6 Å². The van der Waals surface area contributed by atoms with Gasteiger partial charge in [-0.2, -0.15) is 0 Å². The molecule has 3 aromatic carbocycles. The van der Waals surface area contributed by atoms with Gasteiger partial charge in [-0.05, 0) is 60.1 Å². The van der Waals surface area contributed by atoms with Crippen LogP contribution in [0.15, 0.2) is 85.5 Å². The lowest BCUT2D eigenvalue weighted by Gasteiger charge is -2.28. The first-order chi connectivity index (χ1) is 36.5. The van der Waals surface area contributed by atoms with Gasteiger partial charge in [0.25, 0.3) is 0 Å². The molecule has 0 spiro atoms. The highest BCUT2D eigenvalue weighted by Crippen LogP contribution is 2.20. The molecule has 6 atom stereocenters. The summed E-state index contributed by atoms with van der Waals surface area (Å²) in [6.07, 6.45) is 4.26. The lowest BCUT2D eigenvalue weighted by molar-refractivity contribution is -0.135. The molecule has 3 heterocycles. The predicted molar refractivity (Wildman–Crippen MR) is 283 cm³/mol. The lowest BCUT2D eigenvalue weighted by atomic mass is 9.99. The molecule has 1 saturated heterocycles. The van der Waals surface area contributed by atoms with E-state index >= 15 is 0 Å². The maximum atomic E-state index is 14.8. The van der Waals surface area contributed by atoms with Gasteiger partial charge in [-0.1, -0.05) is 60.7 Å². The molecular weight excluding hydrogens is 979 g/mol. The summed E-state index contributed by atoms with van der Waals surface area (Å²) in [7, 11) is 0. The molecule has 0 bridgehead atoms. The number of guanidine groups is 2. The molecule has 0 aliphatic carbocycles. The highest BCUT2D eigenvalue weighted by Gasteiger charge is 2.34. The van der Waals surface area contributed by atoms with Crippen LogP contribution >= 0.6 is 0 Å². The number of hydrogen-bond donors (Lipinski definition) is 16. The molecule has 25 nitrogen and oxygen atoms in total. The SMILES string of the molecule is CC(=O)N[C@H](CCCNC(=N)N)C(=O)N[C@H]1CCC(=O)NCCNC(=O)[C@@H](Cc2c[nH]c3ccccc23)NC(=O)[C@H](CCCNC(=N)N)NC(=O)[C@@H](Cc2ccc3ccccc3c2)NC(=O)[C@H](Cc2c[nH]cn2)NC1=O. The fourth-order valence-electron chi connectivity index (χ4n) is 8.71. The molecule has 2 aromatic heterocycles. The number of para-hydroxylation sites is 1. The Kier molecular flexibility index (Phi) is 20.6. The van der Waals surface area contributed by atoms with Crippen molar-refractivity contribution in [3.8, 4) is 0 Å². The molecule has 404 valence electrons. The Morgan fingerprint density at radius 1 is 0.711 bits per heavy atom. The summed E-state index contributed by atoms with van der Waals surface area (Å²) >= 11 is 0. The van der Waals surface area contributed by atoms with Crippen molar-refractivity contribution in [2.45, 2.75) is 101 Å². The lowest BCUT2D eigenvalue weighted by Crippen LogP contribution is -2.60. The van der Waals surface area contributed by atoms with Crippen LogP contribution in [-0.4, -0.2) is 137 Å². The normalized spacial score (nSPS) is 19.8. The van der Waals surface area contributed by atoms with Crippen molar-refractivity contribution in [2.24, 2.45) is 11.5 Å². The van der Waals surface area contributed by atoms with Gasteiger partial charge in [0.2, 0.25) is 47.3 Å². The van der Waals surface area contributed by atoms with Crippen LogP contribution in [0.2, 0.25) is 0 Å². The topological polar surface area (TPSA) is 401 Å². The van der Waals surface area contributed by atoms with Gasteiger partial charge < -0.3 is 74.6 Å². The molecule has 1 fully saturated rings. The Balaban J connectivity index is 1.37. The number of aromatic amines is 2. The van der Waals surface area contributed by atoms with E-state index in [0.29, 0.717) is 16.8 Å². The van der Waals surface area contributed by atoms with E-state index in [4.69, 9.17) is 22.3 Å². The van der Waals surface area contributed by atoms with Gasteiger partial charge >= 0.3 is 0 Å². The second-order valence-electron chi connectivity index (χ2n) is 18.4. The molecule has 76 heavy (non-hydrogen) atoms. The zero-order chi connectivity index (χ0) is 54.6. The highest BCUT2D eigenvalue weighted by atomic mass is 16.2. The van der Waals surface area contributed by atoms with Crippen LogP contribution in [0.3, 0.4) is 0 Å². The van der Waals surface area contributed by atoms with Crippen LogP contribution in [0.1, 0.15) is 62.3 Å². The van der Waals surface area contributed by atoms with E-state index in [2.05, 4.69) is 68.1 Å². The smallest absolute Gasteiger partial charge is 0.243 e. The maximum absolute atomic E-state index is 14.8. The van der Waals surface area contributed by atoms with Gasteiger partial charge in [-0.15, -0.1) is 0 Å². The van der Waals surface area contributed by atoms with Gasteiger partial charge in [0, 0.05) is 82.1 Å². The number of carbonyl (C=O) groups is 8. The molecule has 0 unspecified atom stereocenters. The van der Waals surface area contributed by atoms with Gasteiger partial charge in [0.05, 0.1) is 12.0 Å². The maximum Gasteiger partial charge on any atom is 0.243 e. The number of nitrogens with two attached hydrogens (primary N) is 2. The summed E-state index contributed by atoms with van der Waals surface area (Å²) in [6, 6.07) is 12.5. The van der Waals surface area contributed by atoms with Crippen molar-refractivity contribution in [1.82, 2.24) is 68.1 Å². The minimum atomic E-state index is -1.47. The second-order valence-corrected chi connectivity index (χ2v) is 18.4. The first-order valence-electron chi connectivity index (χ1n) is 25.0. The molecule has 0 saturated carbocycles. The summed E-state index contributed by atoms with van der Waals surface area (Å²) in [4.78, 5) is 123. The van der Waals surface area contributed by atoms with E-state index in [9.17, 15) is 38.4 Å². The van der Waals surface area contributed by atoms with E-state index < -0.39 is 83.5 Å². The third-order valence-corrected chi connectivity index (χ3v) is 12.6. The van der Waals surface area contributed by atoms with Crippen LogP contribution in [0.4, 0.5) is 0 Å². The Morgan fingerprint density at radius 3 is 2.05 bits per heavy atom. The first-order valence-corrected chi connectivity index (χ1v) is 25.0. The van der Waals surface area contributed by atoms with Gasteiger partial charge in [0.1, 0.15) is 36.3 Å². The molecule has 0 radical (unpaired) electrons.